The van der Waals surface area contributed by atoms with E-state index in [1.165, 1.54) is 108 Å². The summed E-state index contributed by atoms with van der Waals surface area (Å²) in [4.78, 5) is 25.0. The number of hydrogen-bond acceptors (Lipinski definition) is 4. The Balaban J connectivity index is 3.43. The van der Waals surface area contributed by atoms with Gasteiger partial charge >= 0.3 is 12.1 Å². The number of likely N-dealkylation sites (N-methyl/N-ethyl adjacent to an activating group) is 1. The lowest BCUT2D eigenvalue weighted by Gasteiger charge is -2.22. The van der Waals surface area contributed by atoms with Crippen LogP contribution in [0.5, 0.6) is 0 Å². The van der Waals surface area contributed by atoms with Crippen molar-refractivity contribution in [1.82, 2.24) is 4.90 Å². The third-order valence-corrected chi connectivity index (χ3v) is 5.78. The number of unbranched alkanes of at least 4 members (excludes halogenated alkanes) is 15. The molecule has 0 heterocycles. The maximum atomic E-state index is 12.0. The molecule has 5 heteroatoms. The zero-order valence-electron chi connectivity index (χ0n) is 20.7. The van der Waals surface area contributed by atoms with Gasteiger partial charge in [-0.25, -0.2) is 9.59 Å². The van der Waals surface area contributed by atoms with Gasteiger partial charge in [0.25, 0.3) is 0 Å². The third kappa shape index (κ3) is 17.8. The van der Waals surface area contributed by atoms with Crippen LogP contribution in [0.3, 0.4) is 0 Å². The molecule has 0 radical (unpaired) electrons. The molecule has 0 aromatic carbocycles. The number of amides is 1. The van der Waals surface area contributed by atoms with E-state index >= 15 is 0 Å². The molecule has 5 nitrogen and oxygen atoms in total. The fraction of sp³-hybridized carbons (Fsp3) is 0.846. The van der Waals surface area contributed by atoms with Gasteiger partial charge in [0, 0.05) is 7.05 Å². The lowest BCUT2D eigenvalue weighted by Crippen LogP contribution is -2.41. The van der Waals surface area contributed by atoms with Crippen LogP contribution in [0.25, 0.3) is 0 Å². The SMILES string of the molecule is C=CCOC(=O)N(C)C(C)C(=O)OCCCCCCCCCCCCCCCCCC. The molecular weight excluding hydrogens is 390 g/mol. The average molecular weight is 440 g/mol. The van der Waals surface area contributed by atoms with Crippen molar-refractivity contribution in [3.8, 4) is 0 Å². The van der Waals surface area contributed by atoms with Crippen molar-refractivity contribution >= 4 is 12.1 Å². The van der Waals surface area contributed by atoms with E-state index in [9.17, 15) is 9.59 Å². The summed E-state index contributed by atoms with van der Waals surface area (Å²) in [6.45, 7) is 7.95. The number of carbonyl (C=O) groups excluding carboxylic acids is 2. The molecule has 0 saturated carbocycles. The summed E-state index contributed by atoms with van der Waals surface area (Å²) in [5.41, 5.74) is 0. The first-order chi connectivity index (χ1) is 15.0. The van der Waals surface area contributed by atoms with Crippen molar-refractivity contribution in [2.75, 3.05) is 20.3 Å². The van der Waals surface area contributed by atoms with Gasteiger partial charge in [-0.15, -0.1) is 0 Å². The Morgan fingerprint density at radius 2 is 1.19 bits per heavy atom. The molecule has 0 spiro atoms. The Bertz CT molecular complexity index is 453. The van der Waals surface area contributed by atoms with Gasteiger partial charge in [-0.1, -0.05) is 116 Å². The van der Waals surface area contributed by atoms with Gasteiger partial charge in [0.15, 0.2) is 0 Å². The van der Waals surface area contributed by atoms with Gasteiger partial charge in [-0.05, 0) is 13.3 Å². The van der Waals surface area contributed by atoms with E-state index in [0.717, 1.165) is 12.8 Å². The first kappa shape index (κ1) is 29.5. The monoisotopic (exact) mass is 439 g/mol. The molecule has 0 aromatic heterocycles. The Hall–Kier alpha value is -1.52. The fourth-order valence-electron chi connectivity index (χ4n) is 3.49. The second-order valence-electron chi connectivity index (χ2n) is 8.62. The van der Waals surface area contributed by atoms with Crippen molar-refractivity contribution in [1.29, 1.82) is 0 Å². The van der Waals surface area contributed by atoms with Gasteiger partial charge in [0.2, 0.25) is 0 Å². The van der Waals surface area contributed by atoms with Crippen LogP contribution in [0.15, 0.2) is 12.7 Å². The number of nitrogens with zero attached hydrogens (tertiary/aromatic N) is 1. The topological polar surface area (TPSA) is 55.8 Å². The molecule has 0 fully saturated rings. The quantitative estimate of drug-likeness (QED) is 0.106. The predicted molar refractivity (Wildman–Crippen MR) is 129 cm³/mol. The van der Waals surface area contributed by atoms with Crippen molar-refractivity contribution in [3.05, 3.63) is 12.7 Å². The second-order valence-corrected chi connectivity index (χ2v) is 8.62. The average Bonchev–Trinajstić information content (AvgIpc) is 2.78. The standard InChI is InChI=1S/C26H49NO4/c1-5-7-8-9-10-11-12-13-14-15-16-17-18-19-20-21-23-30-25(28)24(3)27(4)26(29)31-22-6-2/h6,24H,2,5,7-23H2,1,3-4H3. The van der Waals surface area contributed by atoms with Crippen LogP contribution in [0.2, 0.25) is 0 Å². The zero-order valence-corrected chi connectivity index (χ0v) is 20.7. The van der Waals surface area contributed by atoms with Crippen LogP contribution < -0.4 is 0 Å². The van der Waals surface area contributed by atoms with Crippen LogP contribution >= 0.6 is 0 Å². The minimum absolute atomic E-state index is 0.129. The van der Waals surface area contributed by atoms with Gasteiger partial charge < -0.3 is 9.47 Å². The highest BCUT2D eigenvalue weighted by Gasteiger charge is 2.24. The minimum atomic E-state index is -0.654. The van der Waals surface area contributed by atoms with Gasteiger partial charge in [-0.3, -0.25) is 4.90 Å². The highest BCUT2D eigenvalue weighted by Crippen LogP contribution is 2.13. The van der Waals surface area contributed by atoms with E-state index in [1.54, 1.807) is 6.92 Å². The summed E-state index contributed by atoms with van der Waals surface area (Å²) in [5, 5.41) is 0. The zero-order chi connectivity index (χ0) is 23.2. The summed E-state index contributed by atoms with van der Waals surface area (Å²) >= 11 is 0. The molecule has 0 aliphatic heterocycles. The van der Waals surface area contributed by atoms with Crippen molar-refractivity contribution in [2.45, 2.75) is 123 Å². The van der Waals surface area contributed by atoms with Crippen molar-refractivity contribution in [2.24, 2.45) is 0 Å². The van der Waals surface area contributed by atoms with Crippen LogP contribution in [-0.4, -0.2) is 43.3 Å². The third-order valence-electron chi connectivity index (χ3n) is 5.78. The molecule has 0 aliphatic carbocycles. The number of carbonyl (C=O) groups is 2. The summed E-state index contributed by atoms with van der Waals surface area (Å²) in [6.07, 6.45) is 22.0. The lowest BCUT2D eigenvalue weighted by molar-refractivity contribution is -0.148. The minimum Gasteiger partial charge on any atom is -0.464 e. The lowest BCUT2D eigenvalue weighted by atomic mass is 10.0. The van der Waals surface area contributed by atoms with Gasteiger partial charge in [0.1, 0.15) is 12.6 Å². The fourth-order valence-corrected chi connectivity index (χ4v) is 3.49. The van der Waals surface area contributed by atoms with Crippen molar-refractivity contribution < 1.29 is 19.1 Å². The Labute approximate surface area is 191 Å². The summed E-state index contributed by atoms with van der Waals surface area (Å²) in [6, 6.07) is -0.654. The largest absolute Gasteiger partial charge is 0.464 e. The first-order valence-electron chi connectivity index (χ1n) is 12.7. The highest BCUT2D eigenvalue weighted by atomic mass is 16.6. The molecule has 0 saturated heterocycles. The van der Waals surface area contributed by atoms with E-state index in [1.807, 2.05) is 0 Å². The summed E-state index contributed by atoms with van der Waals surface area (Å²) < 4.78 is 10.2. The molecule has 0 rings (SSSR count). The normalized spacial score (nSPS) is 11.7. The maximum absolute atomic E-state index is 12.0. The molecule has 1 amide bonds. The molecule has 182 valence electrons. The van der Waals surface area contributed by atoms with Crippen LogP contribution in [0.4, 0.5) is 4.79 Å². The number of ether oxygens (including phenoxy) is 2. The van der Waals surface area contributed by atoms with Crippen LogP contribution in [0.1, 0.15) is 117 Å². The van der Waals surface area contributed by atoms with E-state index in [2.05, 4.69) is 13.5 Å². The Morgan fingerprint density at radius 1 is 0.774 bits per heavy atom. The van der Waals surface area contributed by atoms with E-state index < -0.39 is 12.1 Å². The Kier molecular flexibility index (Phi) is 20.6. The second kappa shape index (κ2) is 21.7. The Morgan fingerprint density at radius 3 is 1.61 bits per heavy atom. The number of rotatable bonds is 21. The number of hydrogen-bond donors (Lipinski definition) is 0. The molecule has 0 aliphatic rings. The van der Waals surface area contributed by atoms with Gasteiger partial charge in [0.05, 0.1) is 6.61 Å². The summed E-state index contributed by atoms with van der Waals surface area (Å²) in [5.74, 6) is -0.390. The van der Waals surface area contributed by atoms with E-state index in [4.69, 9.17) is 9.47 Å². The van der Waals surface area contributed by atoms with E-state index in [-0.39, 0.29) is 12.6 Å². The summed E-state index contributed by atoms with van der Waals surface area (Å²) in [7, 11) is 1.53. The predicted octanol–water partition coefficient (Wildman–Crippen LogP) is 7.43. The van der Waals surface area contributed by atoms with Crippen LogP contribution in [-0.2, 0) is 14.3 Å². The van der Waals surface area contributed by atoms with Gasteiger partial charge in [-0.2, -0.15) is 0 Å². The smallest absolute Gasteiger partial charge is 0.410 e. The van der Waals surface area contributed by atoms with Crippen LogP contribution in [0, 0.1) is 0 Å². The molecule has 0 N–H and O–H groups in total. The highest BCUT2D eigenvalue weighted by molar-refractivity contribution is 5.80. The molecule has 0 bridgehead atoms. The molecule has 1 unspecified atom stereocenters. The molecule has 31 heavy (non-hydrogen) atoms. The molecular formula is C26H49NO4. The number of esters is 1. The van der Waals surface area contributed by atoms with E-state index in [0.29, 0.717) is 6.61 Å². The molecule has 1 atom stereocenters. The molecule has 0 aromatic rings. The maximum Gasteiger partial charge on any atom is 0.410 e. The van der Waals surface area contributed by atoms with Crippen molar-refractivity contribution in [3.63, 3.8) is 0 Å². The first-order valence-corrected chi connectivity index (χ1v) is 12.7.